The average molecular weight is 349 g/mol. The lowest BCUT2D eigenvalue weighted by Gasteiger charge is -2.15. The van der Waals surface area contributed by atoms with E-state index < -0.39 is 4.92 Å². The van der Waals surface area contributed by atoms with Crippen LogP contribution in [0.5, 0.6) is 0 Å². The average Bonchev–Trinajstić information content (AvgIpc) is 3.18. The number of rotatable bonds is 4. The molecule has 0 saturated carbocycles. The zero-order valence-corrected chi connectivity index (χ0v) is 14.2. The highest BCUT2D eigenvalue weighted by molar-refractivity contribution is 8.01. The highest BCUT2D eigenvalue weighted by atomic mass is 32.2. The van der Waals surface area contributed by atoms with Gasteiger partial charge in [0.15, 0.2) is 4.34 Å². The number of nitro benzene ring substituents is 1. The summed E-state index contributed by atoms with van der Waals surface area (Å²) >= 11 is 2.71. The summed E-state index contributed by atoms with van der Waals surface area (Å²) in [5.74, 6) is -0.132. The molecule has 8 heteroatoms. The molecule has 0 spiro atoms. The number of carbonyl (C=O) groups excluding carboxylic acids is 1. The Morgan fingerprint density at radius 3 is 2.74 bits per heavy atom. The van der Waals surface area contributed by atoms with Crippen LogP contribution in [0.15, 0.2) is 32.8 Å². The van der Waals surface area contributed by atoms with Gasteiger partial charge in [-0.15, -0.1) is 11.3 Å². The second kappa shape index (κ2) is 6.67. The molecule has 0 atom stereocenters. The van der Waals surface area contributed by atoms with Crippen molar-refractivity contribution in [3.63, 3.8) is 0 Å². The fourth-order valence-corrected chi connectivity index (χ4v) is 4.33. The Bertz CT molecular complexity index is 754. The van der Waals surface area contributed by atoms with Gasteiger partial charge in [-0.25, -0.2) is 4.98 Å². The Kier molecular flexibility index (Phi) is 4.63. The molecular weight excluding hydrogens is 334 g/mol. The van der Waals surface area contributed by atoms with Crippen molar-refractivity contribution in [1.82, 2.24) is 9.88 Å². The number of aromatic nitrogens is 1. The number of likely N-dealkylation sites (tertiary alicyclic amines) is 1. The zero-order chi connectivity index (χ0) is 16.4. The van der Waals surface area contributed by atoms with Crippen LogP contribution in [-0.2, 0) is 0 Å². The monoisotopic (exact) mass is 349 g/mol. The molecular formula is C15H15N3O3S2. The van der Waals surface area contributed by atoms with Crippen molar-refractivity contribution in [3.8, 4) is 0 Å². The summed E-state index contributed by atoms with van der Waals surface area (Å²) in [4.78, 5) is 29.9. The van der Waals surface area contributed by atoms with E-state index in [1.807, 2.05) is 12.3 Å². The van der Waals surface area contributed by atoms with E-state index in [9.17, 15) is 14.9 Å². The van der Waals surface area contributed by atoms with Crippen LogP contribution in [0.3, 0.4) is 0 Å². The number of nitrogens with zero attached hydrogens (tertiary/aromatic N) is 3. The lowest BCUT2D eigenvalue weighted by molar-refractivity contribution is -0.387. The maximum atomic E-state index is 12.4. The topological polar surface area (TPSA) is 76.3 Å². The fraction of sp³-hybridized carbons (Fsp3) is 0.333. The molecule has 0 unspecified atom stereocenters. The number of benzene rings is 1. The van der Waals surface area contributed by atoms with Gasteiger partial charge in [0.05, 0.1) is 9.82 Å². The molecule has 1 aliphatic heterocycles. The summed E-state index contributed by atoms with van der Waals surface area (Å²) < 4.78 is 0.754. The van der Waals surface area contributed by atoms with Crippen LogP contribution in [0.2, 0.25) is 0 Å². The van der Waals surface area contributed by atoms with Gasteiger partial charge >= 0.3 is 0 Å². The van der Waals surface area contributed by atoms with Crippen LogP contribution in [-0.4, -0.2) is 33.8 Å². The molecule has 0 radical (unpaired) electrons. The lowest BCUT2D eigenvalue weighted by atomic mass is 10.2. The van der Waals surface area contributed by atoms with Crippen molar-refractivity contribution >= 4 is 34.7 Å². The first-order valence-corrected chi connectivity index (χ1v) is 8.92. The molecule has 1 fully saturated rings. The largest absolute Gasteiger partial charge is 0.339 e. The zero-order valence-electron chi connectivity index (χ0n) is 12.5. The normalized spacial score (nSPS) is 14.2. The summed E-state index contributed by atoms with van der Waals surface area (Å²) in [7, 11) is 0. The van der Waals surface area contributed by atoms with Crippen LogP contribution in [0, 0.1) is 17.0 Å². The number of aryl methyl sites for hydroxylation is 1. The molecule has 1 amide bonds. The van der Waals surface area contributed by atoms with Gasteiger partial charge in [0.2, 0.25) is 0 Å². The van der Waals surface area contributed by atoms with Crippen molar-refractivity contribution < 1.29 is 9.72 Å². The molecule has 1 aromatic heterocycles. The van der Waals surface area contributed by atoms with E-state index in [1.54, 1.807) is 17.0 Å². The quantitative estimate of drug-likeness (QED) is 0.621. The lowest BCUT2D eigenvalue weighted by Crippen LogP contribution is -2.27. The third-order valence-electron chi connectivity index (χ3n) is 3.59. The van der Waals surface area contributed by atoms with Crippen LogP contribution < -0.4 is 0 Å². The summed E-state index contributed by atoms with van der Waals surface area (Å²) in [6.45, 7) is 3.33. The van der Waals surface area contributed by atoms with Gasteiger partial charge in [0, 0.05) is 35.8 Å². The van der Waals surface area contributed by atoms with Gasteiger partial charge in [-0.3, -0.25) is 14.9 Å². The smallest absolute Gasteiger partial charge is 0.284 e. The Balaban J connectivity index is 1.89. The summed E-state index contributed by atoms with van der Waals surface area (Å²) in [5, 5.41) is 13.3. The van der Waals surface area contributed by atoms with E-state index in [4.69, 9.17) is 0 Å². The van der Waals surface area contributed by atoms with Gasteiger partial charge in [-0.1, -0.05) is 11.8 Å². The standard InChI is InChI=1S/C15H15N3O3S2/c1-10-9-22-15(16-10)23-13-5-4-11(8-12(13)18(20)21)14(19)17-6-2-3-7-17/h4-5,8-9H,2-3,6-7H2,1H3. The van der Waals surface area contributed by atoms with E-state index in [-0.39, 0.29) is 11.6 Å². The van der Waals surface area contributed by atoms with Crippen molar-refractivity contribution in [2.75, 3.05) is 13.1 Å². The SMILES string of the molecule is Cc1csc(Sc2ccc(C(=O)N3CCCC3)cc2[N+](=O)[O-])n1. The predicted molar refractivity (Wildman–Crippen MR) is 89.2 cm³/mol. The Morgan fingerprint density at radius 2 is 2.13 bits per heavy atom. The molecule has 1 aliphatic rings. The Hall–Kier alpha value is -1.93. The molecule has 0 bridgehead atoms. The molecule has 1 aromatic carbocycles. The first-order valence-electron chi connectivity index (χ1n) is 7.22. The van der Waals surface area contributed by atoms with Crippen molar-refractivity contribution in [2.24, 2.45) is 0 Å². The van der Waals surface area contributed by atoms with Crippen LogP contribution in [0.1, 0.15) is 28.9 Å². The molecule has 0 N–H and O–H groups in total. The van der Waals surface area contributed by atoms with E-state index >= 15 is 0 Å². The Labute approximate surface area is 141 Å². The minimum Gasteiger partial charge on any atom is -0.339 e. The fourth-order valence-electron chi connectivity index (χ4n) is 2.46. The highest BCUT2D eigenvalue weighted by Gasteiger charge is 2.23. The van der Waals surface area contributed by atoms with E-state index in [0.29, 0.717) is 10.5 Å². The van der Waals surface area contributed by atoms with Crippen LogP contribution >= 0.6 is 23.1 Å². The number of nitro groups is 1. The number of thiazole rings is 1. The Morgan fingerprint density at radius 1 is 1.39 bits per heavy atom. The van der Waals surface area contributed by atoms with Crippen molar-refractivity contribution in [2.45, 2.75) is 29.0 Å². The maximum Gasteiger partial charge on any atom is 0.284 e. The number of hydrogen-bond acceptors (Lipinski definition) is 6. The van der Waals surface area contributed by atoms with Crippen molar-refractivity contribution in [1.29, 1.82) is 0 Å². The summed E-state index contributed by atoms with van der Waals surface area (Å²) in [5.41, 5.74) is 1.21. The molecule has 0 aliphatic carbocycles. The number of carbonyl (C=O) groups is 1. The number of hydrogen-bond donors (Lipinski definition) is 0. The summed E-state index contributed by atoms with van der Waals surface area (Å²) in [6, 6.07) is 4.68. The molecule has 6 nitrogen and oxygen atoms in total. The minimum atomic E-state index is -0.441. The minimum absolute atomic E-state index is 0.0482. The van der Waals surface area contributed by atoms with E-state index in [1.165, 1.54) is 29.2 Å². The van der Waals surface area contributed by atoms with Gasteiger partial charge in [0.1, 0.15) is 0 Å². The van der Waals surface area contributed by atoms with E-state index in [0.717, 1.165) is 36.0 Å². The second-order valence-electron chi connectivity index (χ2n) is 5.30. The second-order valence-corrected chi connectivity index (χ2v) is 7.44. The molecule has 23 heavy (non-hydrogen) atoms. The highest BCUT2D eigenvalue weighted by Crippen LogP contribution is 2.37. The molecule has 3 rings (SSSR count). The molecule has 1 saturated heterocycles. The predicted octanol–water partition coefficient (Wildman–Crippen LogP) is 3.75. The van der Waals surface area contributed by atoms with Gasteiger partial charge in [-0.05, 0) is 31.9 Å². The van der Waals surface area contributed by atoms with Crippen LogP contribution in [0.25, 0.3) is 0 Å². The van der Waals surface area contributed by atoms with Gasteiger partial charge in [-0.2, -0.15) is 0 Å². The van der Waals surface area contributed by atoms with Gasteiger partial charge < -0.3 is 4.90 Å². The van der Waals surface area contributed by atoms with Crippen molar-refractivity contribution in [3.05, 3.63) is 45.0 Å². The molecule has 120 valence electrons. The maximum absolute atomic E-state index is 12.4. The number of amides is 1. The summed E-state index contributed by atoms with van der Waals surface area (Å²) in [6.07, 6.45) is 1.98. The third kappa shape index (κ3) is 3.53. The first-order chi connectivity index (χ1) is 11.0. The third-order valence-corrected chi connectivity index (χ3v) is 5.71. The molecule has 2 heterocycles. The van der Waals surface area contributed by atoms with E-state index in [2.05, 4.69) is 4.98 Å². The molecule has 2 aromatic rings. The first kappa shape index (κ1) is 15.9. The van der Waals surface area contributed by atoms with Gasteiger partial charge in [0.25, 0.3) is 11.6 Å². The van der Waals surface area contributed by atoms with Crippen LogP contribution in [0.4, 0.5) is 5.69 Å².